The quantitative estimate of drug-likeness (QED) is 0.801. The maximum Gasteiger partial charge on any atom is 0.257 e. The van der Waals surface area contributed by atoms with Gasteiger partial charge in [-0.25, -0.2) is 0 Å². The predicted octanol–water partition coefficient (Wildman–Crippen LogP) is 2.87. The molecule has 6 heteroatoms. The van der Waals surface area contributed by atoms with Crippen LogP contribution in [0.3, 0.4) is 0 Å². The van der Waals surface area contributed by atoms with E-state index in [2.05, 4.69) is 29.5 Å². The molecule has 1 aromatic heterocycles. The normalized spacial score (nSPS) is 14.9. The third-order valence-electron chi connectivity index (χ3n) is 5.39. The molecule has 0 saturated carbocycles. The van der Waals surface area contributed by atoms with Crippen LogP contribution in [-0.4, -0.2) is 46.1 Å². The van der Waals surface area contributed by atoms with E-state index in [0.29, 0.717) is 25.2 Å². The zero-order chi connectivity index (χ0) is 19.9. The first kappa shape index (κ1) is 20.1. The lowest BCUT2D eigenvalue weighted by atomic mass is 9.95. The summed E-state index contributed by atoms with van der Waals surface area (Å²) in [4.78, 5) is 27.1. The molecule has 150 valence electrons. The van der Waals surface area contributed by atoms with Crippen molar-refractivity contribution in [2.24, 2.45) is 5.92 Å². The van der Waals surface area contributed by atoms with Gasteiger partial charge in [0.1, 0.15) is 0 Å². The summed E-state index contributed by atoms with van der Waals surface area (Å²) in [6.45, 7) is 6.73. The number of amides is 2. The van der Waals surface area contributed by atoms with Crippen molar-refractivity contribution in [3.05, 3.63) is 53.3 Å². The van der Waals surface area contributed by atoms with Crippen LogP contribution in [0.15, 0.2) is 36.5 Å². The topological polar surface area (TPSA) is 67.2 Å². The number of likely N-dealkylation sites (tertiary alicyclic amines) is 1. The van der Waals surface area contributed by atoms with E-state index >= 15 is 0 Å². The van der Waals surface area contributed by atoms with Crippen molar-refractivity contribution in [1.82, 2.24) is 20.0 Å². The smallest absolute Gasteiger partial charge is 0.257 e. The minimum atomic E-state index is 0.0158. The molecule has 0 unspecified atom stereocenters. The first-order valence-electron chi connectivity index (χ1n) is 10.3. The van der Waals surface area contributed by atoms with Gasteiger partial charge in [-0.1, -0.05) is 44.2 Å². The van der Waals surface area contributed by atoms with E-state index in [1.807, 2.05) is 34.7 Å². The third-order valence-corrected chi connectivity index (χ3v) is 5.39. The first-order chi connectivity index (χ1) is 13.6. The molecule has 1 aromatic carbocycles. The Morgan fingerprint density at radius 3 is 2.50 bits per heavy atom. The lowest BCUT2D eigenvalue weighted by molar-refractivity contribution is -0.126. The molecule has 1 N–H and O–H groups in total. The molecule has 0 radical (unpaired) electrons. The number of rotatable bonds is 7. The largest absolute Gasteiger partial charge is 0.356 e. The molecule has 0 atom stereocenters. The van der Waals surface area contributed by atoms with Crippen LogP contribution < -0.4 is 5.32 Å². The molecule has 1 aliphatic heterocycles. The Hall–Kier alpha value is -2.63. The average Bonchev–Trinajstić information content (AvgIpc) is 3.14. The van der Waals surface area contributed by atoms with Gasteiger partial charge in [0.15, 0.2) is 0 Å². The van der Waals surface area contributed by atoms with Crippen LogP contribution >= 0.6 is 0 Å². The highest BCUT2D eigenvalue weighted by atomic mass is 16.2. The summed E-state index contributed by atoms with van der Waals surface area (Å²) in [5, 5.41) is 7.45. The van der Waals surface area contributed by atoms with Gasteiger partial charge in [0, 0.05) is 25.6 Å². The van der Waals surface area contributed by atoms with Gasteiger partial charge in [-0.3, -0.25) is 14.3 Å². The second-order valence-corrected chi connectivity index (χ2v) is 7.36. The van der Waals surface area contributed by atoms with Crippen LogP contribution in [0, 0.1) is 5.92 Å². The monoisotopic (exact) mass is 382 g/mol. The summed E-state index contributed by atoms with van der Waals surface area (Å²) in [5.41, 5.74) is 2.82. The first-order valence-corrected chi connectivity index (χ1v) is 10.3. The lowest BCUT2D eigenvalue weighted by Gasteiger charge is -2.31. The minimum Gasteiger partial charge on any atom is -0.356 e. The summed E-state index contributed by atoms with van der Waals surface area (Å²) in [7, 11) is 0. The molecule has 2 aromatic rings. The number of piperidine rings is 1. The maximum atomic E-state index is 13.1. The number of nitrogens with zero attached hydrogens (tertiary/aromatic N) is 3. The summed E-state index contributed by atoms with van der Waals surface area (Å²) in [6.07, 6.45) is 4.84. The fourth-order valence-corrected chi connectivity index (χ4v) is 3.76. The number of carbonyl (C=O) groups is 2. The van der Waals surface area contributed by atoms with E-state index in [4.69, 9.17) is 0 Å². The minimum absolute atomic E-state index is 0.0158. The van der Waals surface area contributed by atoms with Gasteiger partial charge >= 0.3 is 0 Å². The van der Waals surface area contributed by atoms with Crippen molar-refractivity contribution in [3.8, 4) is 0 Å². The van der Waals surface area contributed by atoms with E-state index in [1.165, 1.54) is 5.56 Å². The van der Waals surface area contributed by atoms with Crippen molar-refractivity contribution >= 4 is 11.8 Å². The van der Waals surface area contributed by atoms with Gasteiger partial charge in [-0.05, 0) is 31.2 Å². The van der Waals surface area contributed by atoms with Crippen molar-refractivity contribution in [3.63, 3.8) is 0 Å². The molecule has 2 amide bonds. The second-order valence-electron chi connectivity index (χ2n) is 7.36. The summed E-state index contributed by atoms with van der Waals surface area (Å²) < 4.78 is 1.92. The van der Waals surface area contributed by atoms with Gasteiger partial charge in [-0.15, -0.1) is 0 Å². The Balaban J connectivity index is 1.64. The van der Waals surface area contributed by atoms with Crippen molar-refractivity contribution in [2.45, 2.75) is 46.1 Å². The highest BCUT2D eigenvalue weighted by molar-refractivity contribution is 5.95. The number of nitrogens with one attached hydrogen (secondary N) is 1. The SMILES string of the molecule is CCCNC(=O)C1CCN(C(=O)c2cnn(Cc3ccccc3)c2CC)CC1. The average molecular weight is 383 g/mol. The fourth-order valence-electron chi connectivity index (χ4n) is 3.76. The van der Waals surface area contributed by atoms with Crippen LogP contribution in [0.25, 0.3) is 0 Å². The number of aromatic nitrogens is 2. The standard InChI is InChI=1S/C22H30N4O2/c1-3-12-23-21(27)18-10-13-25(14-11-18)22(28)19-15-24-26(20(19)4-2)16-17-8-6-5-7-9-17/h5-9,15,18H,3-4,10-14,16H2,1-2H3,(H,23,27). The summed E-state index contributed by atoms with van der Waals surface area (Å²) in [6, 6.07) is 10.1. The highest BCUT2D eigenvalue weighted by Crippen LogP contribution is 2.21. The molecular formula is C22H30N4O2. The maximum absolute atomic E-state index is 13.1. The van der Waals surface area contributed by atoms with Crippen molar-refractivity contribution < 1.29 is 9.59 Å². The molecule has 1 fully saturated rings. The molecule has 0 bridgehead atoms. The van der Waals surface area contributed by atoms with E-state index in [1.54, 1.807) is 6.20 Å². The van der Waals surface area contributed by atoms with Crippen molar-refractivity contribution in [2.75, 3.05) is 19.6 Å². The Kier molecular flexibility index (Phi) is 6.85. The molecular weight excluding hydrogens is 352 g/mol. The Bertz CT molecular complexity index is 792. The van der Waals surface area contributed by atoms with Gasteiger partial charge < -0.3 is 10.2 Å². The summed E-state index contributed by atoms with van der Waals surface area (Å²) in [5.74, 6) is 0.171. The zero-order valence-electron chi connectivity index (χ0n) is 16.9. The van der Waals surface area contributed by atoms with Crippen LogP contribution in [-0.2, 0) is 17.8 Å². The van der Waals surface area contributed by atoms with Gasteiger partial charge in [0.25, 0.3) is 5.91 Å². The molecule has 0 aliphatic carbocycles. The van der Waals surface area contributed by atoms with Crippen LogP contribution in [0.1, 0.15) is 54.7 Å². The van der Waals surface area contributed by atoms with E-state index in [9.17, 15) is 9.59 Å². The molecule has 0 spiro atoms. The van der Waals surface area contributed by atoms with E-state index in [-0.39, 0.29) is 17.7 Å². The molecule has 28 heavy (non-hydrogen) atoms. The number of hydrogen-bond acceptors (Lipinski definition) is 3. The molecule has 1 saturated heterocycles. The third kappa shape index (κ3) is 4.61. The Labute approximate surface area is 166 Å². The molecule has 2 heterocycles. The second kappa shape index (κ2) is 9.53. The molecule has 1 aliphatic rings. The Morgan fingerprint density at radius 2 is 1.86 bits per heavy atom. The van der Waals surface area contributed by atoms with Crippen LogP contribution in [0.5, 0.6) is 0 Å². The van der Waals surface area contributed by atoms with Crippen LogP contribution in [0.2, 0.25) is 0 Å². The van der Waals surface area contributed by atoms with E-state index < -0.39 is 0 Å². The number of benzene rings is 1. The highest BCUT2D eigenvalue weighted by Gasteiger charge is 2.29. The van der Waals surface area contributed by atoms with Gasteiger partial charge in [-0.2, -0.15) is 5.10 Å². The van der Waals surface area contributed by atoms with Crippen molar-refractivity contribution in [1.29, 1.82) is 0 Å². The van der Waals surface area contributed by atoms with E-state index in [0.717, 1.165) is 37.9 Å². The zero-order valence-corrected chi connectivity index (χ0v) is 16.9. The number of carbonyl (C=O) groups excluding carboxylic acids is 2. The summed E-state index contributed by atoms with van der Waals surface area (Å²) >= 11 is 0. The Morgan fingerprint density at radius 1 is 1.14 bits per heavy atom. The number of hydrogen-bond donors (Lipinski definition) is 1. The van der Waals surface area contributed by atoms with Crippen LogP contribution in [0.4, 0.5) is 0 Å². The van der Waals surface area contributed by atoms with Gasteiger partial charge in [0.2, 0.25) is 5.91 Å². The van der Waals surface area contributed by atoms with Gasteiger partial charge in [0.05, 0.1) is 24.0 Å². The lowest BCUT2D eigenvalue weighted by Crippen LogP contribution is -2.43. The fraction of sp³-hybridized carbons (Fsp3) is 0.500. The molecule has 6 nitrogen and oxygen atoms in total. The predicted molar refractivity (Wildman–Crippen MR) is 109 cm³/mol. The molecule has 3 rings (SSSR count).